The number of H-pyrrole nitrogens is 1. The van der Waals surface area contributed by atoms with Crippen LogP contribution < -0.4 is 15.8 Å². The van der Waals surface area contributed by atoms with Gasteiger partial charge in [0.05, 0.1) is 0 Å². The zero-order chi connectivity index (χ0) is 14.7. The second kappa shape index (κ2) is 6.13. The zero-order valence-corrected chi connectivity index (χ0v) is 12.2. The maximum atomic E-state index is 11.8. The van der Waals surface area contributed by atoms with Gasteiger partial charge in [0.2, 0.25) is 0 Å². The summed E-state index contributed by atoms with van der Waals surface area (Å²) in [7, 11) is 2.05. The summed E-state index contributed by atoms with van der Waals surface area (Å²) < 4.78 is 2.12. The fourth-order valence-electron chi connectivity index (χ4n) is 2.83. The van der Waals surface area contributed by atoms with Gasteiger partial charge in [-0.05, 0) is 25.0 Å². The number of nitrogens with one attached hydrogen (secondary N) is 2. The fraction of sp³-hybridized carbons (Fsp3) is 0.467. The van der Waals surface area contributed by atoms with E-state index in [1.807, 2.05) is 0 Å². The molecule has 0 radical (unpaired) electrons. The van der Waals surface area contributed by atoms with Gasteiger partial charge in [0.25, 0.3) is 5.56 Å². The highest BCUT2D eigenvalue weighted by molar-refractivity contribution is 5.36. The third-order valence-electron chi connectivity index (χ3n) is 4.03. The molecule has 112 valence electrons. The minimum absolute atomic E-state index is 0.111. The third-order valence-corrected chi connectivity index (χ3v) is 4.03. The van der Waals surface area contributed by atoms with Gasteiger partial charge in [-0.3, -0.25) is 4.79 Å². The molecule has 6 nitrogen and oxygen atoms in total. The molecule has 0 aliphatic carbocycles. The van der Waals surface area contributed by atoms with Crippen molar-refractivity contribution >= 4 is 5.82 Å². The van der Waals surface area contributed by atoms with Crippen LogP contribution in [0, 0.1) is 0 Å². The van der Waals surface area contributed by atoms with Gasteiger partial charge in [-0.1, -0.05) is 0 Å². The van der Waals surface area contributed by atoms with Gasteiger partial charge in [-0.25, -0.2) is 4.98 Å². The second-order valence-corrected chi connectivity index (χ2v) is 5.52. The number of rotatable bonds is 4. The van der Waals surface area contributed by atoms with E-state index in [0.717, 1.165) is 32.5 Å². The first-order chi connectivity index (χ1) is 10.2. The molecule has 21 heavy (non-hydrogen) atoms. The van der Waals surface area contributed by atoms with E-state index in [-0.39, 0.29) is 5.56 Å². The van der Waals surface area contributed by atoms with Crippen LogP contribution in [0.15, 0.2) is 35.5 Å². The third kappa shape index (κ3) is 3.16. The van der Waals surface area contributed by atoms with Crippen LogP contribution in [0.25, 0.3) is 0 Å². The fourth-order valence-corrected chi connectivity index (χ4v) is 2.83. The summed E-state index contributed by atoms with van der Waals surface area (Å²) >= 11 is 0. The lowest BCUT2D eigenvalue weighted by Gasteiger charge is -2.33. The number of aromatic amines is 1. The van der Waals surface area contributed by atoms with Crippen LogP contribution in [-0.2, 0) is 13.6 Å². The Hall–Kier alpha value is -2.08. The van der Waals surface area contributed by atoms with Crippen LogP contribution in [-0.4, -0.2) is 33.7 Å². The Morgan fingerprint density at radius 1 is 1.52 bits per heavy atom. The average Bonchev–Trinajstić information content (AvgIpc) is 2.91. The molecule has 0 aromatic carbocycles. The quantitative estimate of drug-likeness (QED) is 0.875. The van der Waals surface area contributed by atoms with E-state index in [1.54, 1.807) is 12.4 Å². The number of piperidine rings is 1. The minimum atomic E-state index is -0.111. The highest BCUT2D eigenvalue weighted by atomic mass is 16.1. The molecule has 3 heterocycles. The Morgan fingerprint density at radius 3 is 3.19 bits per heavy atom. The van der Waals surface area contributed by atoms with Crippen molar-refractivity contribution in [2.45, 2.75) is 25.4 Å². The standard InChI is InChI=1S/C15H21N5O/c1-19-8-3-5-13(19)10-18-12-4-2-9-20(11-12)14-15(21)17-7-6-16-14/h3,5-8,12,18H,2,4,9-11H2,1H3,(H,17,21). The first kappa shape index (κ1) is 13.9. The number of nitrogens with zero attached hydrogens (tertiary/aromatic N) is 3. The lowest BCUT2D eigenvalue weighted by atomic mass is 10.1. The summed E-state index contributed by atoms with van der Waals surface area (Å²) in [5.41, 5.74) is 1.16. The summed E-state index contributed by atoms with van der Waals surface area (Å²) in [6.45, 7) is 2.56. The van der Waals surface area contributed by atoms with Crippen LogP contribution in [0.4, 0.5) is 5.82 Å². The van der Waals surface area contributed by atoms with E-state index in [2.05, 4.69) is 50.1 Å². The molecule has 3 rings (SSSR count). The largest absolute Gasteiger partial charge is 0.353 e. The topological polar surface area (TPSA) is 66.0 Å². The minimum Gasteiger partial charge on any atom is -0.353 e. The molecule has 2 N–H and O–H groups in total. The Morgan fingerprint density at radius 2 is 2.43 bits per heavy atom. The van der Waals surface area contributed by atoms with Crippen molar-refractivity contribution in [3.8, 4) is 0 Å². The number of aryl methyl sites for hydroxylation is 1. The van der Waals surface area contributed by atoms with E-state index in [9.17, 15) is 4.79 Å². The molecule has 1 saturated heterocycles. The molecule has 0 amide bonds. The highest BCUT2D eigenvalue weighted by Crippen LogP contribution is 2.14. The van der Waals surface area contributed by atoms with Crippen LogP contribution >= 0.6 is 0 Å². The van der Waals surface area contributed by atoms with Crippen molar-refractivity contribution < 1.29 is 0 Å². The maximum Gasteiger partial charge on any atom is 0.290 e. The summed E-state index contributed by atoms with van der Waals surface area (Å²) in [5, 5.41) is 3.58. The molecule has 1 atom stereocenters. The van der Waals surface area contributed by atoms with Crippen molar-refractivity contribution in [2.24, 2.45) is 7.05 Å². The van der Waals surface area contributed by atoms with Gasteiger partial charge >= 0.3 is 0 Å². The average molecular weight is 287 g/mol. The number of hydrogen-bond donors (Lipinski definition) is 2. The summed E-state index contributed by atoms with van der Waals surface area (Å²) in [4.78, 5) is 20.8. The molecule has 6 heteroatoms. The molecule has 0 spiro atoms. The van der Waals surface area contributed by atoms with E-state index in [0.29, 0.717) is 11.9 Å². The molecule has 0 saturated carbocycles. The van der Waals surface area contributed by atoms with Crippen molar-refractivity contribution in [1.82, 2.24) is 19.9 Å². The smallest absolute Gasteiger partial charge is 0.290 e. The summed E-state index contributed by atoms with van der Waals surface area (Å²) in [5.74, 6) is 0.530. The van der Waals surface area contributed by atoms with E-state index in [1.165, 1.54) is 5.69 Å². The Kier molecular flexibility index (Phi) is 4.06. The Balaban J connectivity index is 1.62. The van der Waals surface area contributed by atoms with Gasteiger partial charge in [0.15, 0.2) is 5.82 Å². The molecule has 1 aliphatic heterocycles. The molecule has 0 bridgehead atoms. The molecular weight excluding hydrogens is 266 g/mol. The van der Waals surface area contributed by atoms with Gasteiger partial charge in [0, 0.05) is 57.0 Å². The van der Waals surface area contributed by atoms with Crippen molar-refractivity contribution in [1.29, 1.82) is 0 Å². The molecular formula is C15H21N5O. The second-order valence-electron chi connectivity index (χ2n) is 5.52. The first-order valence-electron chi connectivity index (χ1n) is 7.36. The van der Waals surface area contributed by atoms with E-state index < -0.39 is 0 Å². The molecule has 1 unspecified atom stereocenters. The Labute approximate surface area is 123 Å². The molecule has 1 fully saturated rings. The van der Waals surface area contributed by atoms with Crippen molar-refractivity contribution in [3.05, 3.63) is 46.8 Å². The summed E-state index contributed by atoms with van der Waals surface area (Å²) in [6, 6.07) is 4.56. The monoisotopic (exact) mass is 287 g/mol. The van der Waals surface area contributed by atoms with Gasteiger partial charge < -0.3 is 19.8 Å². The number of hydrogen-bond acceptors (Lipinski definition) is 4. The van der Waals surface area contributed by atoms with Crippen LogP contribution in [0.1, 0.15) is 18.5 Å². The number of anilines is 1. The van der Waals surface area contributed by atoms with Gasteiger partial charge in [-0.2, -0.15) is 0 Å². The highest BCUT2D eigenvalue weighted by Gasteiger charge is 2.22. The zero-order valence-electron chi connectivity index (χ0n) is 12.2. The number of aromatic nitrogens is 3. The predicted octanol–water partition coefficient (Wildman–Crippen LogP) is 0.867. The van der Waals surface area contributed by atoms with Crippen LogP contribution in [0.3, 0.4) is 0 Å². The van der Waals surface area contributed by atoms with Crippen molar-refractivity contribution in [3.63, 3.8) is 0 Å². The Bertz CT molecular complexity index is 647. The lowest BCUT2D eigenvalue weighted by Crippen LogP contribution is -2.47. The normalized spacial score (nSPS) is 18.9. The van der Waals surface area contributed by atoms with Crippen molar-refractivity contribution in [2.75, 3.05) is 18.0 Å². The predicted molar refractivity (Wildman–Crippen MR) is 82.3 cm³/mol. The van der Waals surface area contributed by atoms with Crippen LogP contribution in [0.5, 0.6) is 0 Å². The molecule has 1 aliphatic rings. The van der Waals surface area contributed by atoms with Gasteiger partial charge in [-0.15, -0.1) is 0 Å². The molecule has 2 aromatic rings. The summed E-state index contributed by atoms with van der Waals surface area (Å²) in [6.07, 6.45) is 7.46. The first-order valence-corrected chi connectivity index (χ1v) is 7.36. The van der Waals surface area contributed by atoms with E-state index >= 15 is 0 Å². The lowest BCUT2D eigenvalue weighted by molar-refractivity contribution is 0.415. The van der Waals surface area contributed by atoms with E-state index in [4.69, 9.17) is 0 Å². The molecule has 2 aromatic heterocycles. The van der Waals surface area contributed by atoms with Crippen LogP contribution in [0.2, 0.25) is 0 Å². The van der Waals surface area contributed by atoms with Gasteiger partial charge in [0.1, 0.15) is 0 Å². The maximum absolute atomic E-state index is 11.8. The SMILES string of the molecule is Cn1cccc1CNC1CCCN(c2ncc[nH]c2=O)C1.